The third-order valence-electron chi connectivity index (χ3n) is 1.44. The van der Waals surface area contributed by atoms with Crippen LogP contribution >= 0.6 is 0 Å². The molecule has 0 atom stereocenters. The molecule has 0 spiro atoms. The Kier molecular flexibility index (Phi) is 1.18. The predicted molar refractivity (Wildman–Crippen MR) is 37.6 cm³/mol. The zero-order chi connectivity index (χ0) is 6.81. The molecule has 0 saturated carbocycles. The van der Waals surface area contributed by atoms with Crippen LogP contribution in [-0.4, -0.2) is 9.97 Å². The molecule has 0 aliphatic carbocycles. The van der Waals surface area contributed by atoms with Gasteiger partial charge in [0.1, 0.15) is 0 Å². The van der Waals surface area contributed by atoms with Crippen LogP contribution in [-0.2, 0) is 6.54 Å². The van der Waals surface area contributed by atoms with Crippen LogP contribution in [0.2, 0.25) is 0 Å². The van der Waals surface area contributed by atoms with Crippen molar-refractivity contribution in [3.8, 4) is 0 Å². The molecule has 4 nitrogen and oxygen atoms in total. The SMILES string of the molecule is C1=Cc2nc[nH]c2CNN1. The van der Waals surface area contributed by atoms with Crippen molar-refractivity contribution < 1.29 is 0 Å². The van der Waals surface area contributed by atoms with E-state index in [1.54, 1.807) is 6.33 Å². The number of hydrazine groups is 1. The van der Waals surface area contributed by atoms with Crippen molar-refractivity contribution in [2.45, 2.75) is 6.54 Å². The van der Waals surface area contributed by atoms with Gasteiger partial charge >= 0.3 is 0 Å². The van der Waals surface area contributed by atoms with Crippen LogP contribution in [0.15, 0.2) is 12.5 Å². The van der Waals surface area contributed by atoms with Gasteiger partial charge < -0.3 is 10.4 Å². The summed E-state index contributed by atoms with van der Waals surface area (Å²) in [6.45, 7) is 0.780. The van der Waals surface area contributed by atoms with Gasteiger partial charge in [0, 0.05) is 6.20 Å². The average molecular weight is 136 g/mol. The summed E-state index contributed by atoms with van der Waals surface area (Å²) in [4.78, 5) is 7.13. The van der Waals surface area contributed by atoms with Crippen molar-refractivity contribution in [1.29, 1.82) is 0 Å². The van der Waals surface area contributed by atoms with Crippen molar-refractivity contribution in [3.63, 3.8) is 0 Å². The van der Waals surface area contributed by atoms with Gasteiger partial charge in [-0.25, -0.2) is 10.4 Å². The Morgan fingerprint density at radius 1 is 1.50 bits per heavy atom. The molecule has 1 aliphatic heterocycles. The first kappa shape index (κ1) is 5.49. The first-order valence-corrected chi connectivity index (χ1v) is 3.14. The number of fused-ring (bicyclic) bond motifs is 1. The van der Waals surface area contributed by atoms with Crippen molar-refractivity contribution in [2.24, 2.45) is 0 Å². The Morgan fingerprint density at radius 2 is 2.50 bits per heavy atom. The largest absolute Gasteiger partial charge is 0.347 e. The highest BCUT2D eigenvalue weighted by molar-refractivity contribution is 5.47. The lowest BCUT2D eigenvalue weighted by Gasteiger charge is -1.97. The highest BCUT2D eigenvalue weighted by Gasteiger charge is 2.02. The normalized spacial score (nSPS) is 15.6. The molecule has 0 unspecified atom stereocenters. The molecule has 0 bridgehead atoms. The molecule has 10 heavy (non-hydrogen) atoms. The van der Waals surface area contributed by atoms with Crippen LogP contribution in [0.25, 0.3) is 6.08 Å². The Labute approximate surface area is 58.3 Å². The number of hydrogen-bond donors (Lipinski definition) is 3. The maximum Gasteiger partial charge on any atom is 0.0929 e. The van der Waals surface area contributed by atoms with Gasteiger partial charge in [0.2, 0.25) is 0 Å². The number of aromatic amines is 1. The van der Waals surface area contributed by atoms with E-state index in [1.165, 1.54) is 0 Å². The summed E-state index contributed by atoms with van der Waals surface area (Å²) in [5, 5.41) is 0. The summed E-state index contributed by atoms with van der Waals surface area (Å²) in [6, 6.07) is 0. The molecule has 1 aromatic heterocycles. The molecule has 4 heteroatoms. The fraction of sp³-hybridized carbons (Fsp3) is 0.167. The van der Waals surface area contributed by atoms with Gasteiger partial charge in [-0.1, -0.05) is 0 Å². The quantitative estimate of drug-likeness (QED) is 0.470. The number of rotatable bonds is 0. The summed E-state index contributed by atoms with van der Waals surface area (Å²) in [5.41, 5.74) is 7.98. The summed E-state index contributed by atoms with van der Waals surface area (Å²) in [5.74, 6) is 0. The molecule has 0 radical (unpaired) electrons. The molecule has 3 N–H and O–H groups in total. The Balaban J connectivity index is 2.42. The van der Waals surface area contributed by atoms with Gasteiger partial charge in [0.05, 0.1) is 24.3 Å². The third kappa shape index (κ3) is 0.784. The highest BCUT2D eigenvalue weighted by Crippen LogP contribution is 2.04. The minimum atomic E-state index is 0.780. The number of H-pyrrole nitrogens is 1. The van der Waals surface area contributed by atoms with E-state index >= 15 is 0 Å². The minimum Gasteiger partial charge on any atom is -0.347 e. The van der Waals surface area contributed by atoms with Gasteiger partial charge in [0.25, 0.3) is 0 Å². The van der Waals surface area contributed by atoms with Crippen molar-refractivity contribution in [3.05, 3.63) is 23.9 Å². The standard InChI is InChI=1S/C6H8N4/c1-2-9-10-3-6-5(1)7-4-8-6/h1-2,4,9-10H,3H2,(H,7,8). The van der Waals surface area contributed by atoms with Gasteiger partial charge in [-0.15, -0.1) is 0 Å². The van der Waals surface area contributed by atoms with E-state index in [4.69, 9.17) is 0 Å². The lowest BCUT2D eigenvalue weighted by Crippen LogP contribution is -2.24. The molecule has 0 amide bonds. The van der Waals surface area contributed by atoms with Crippen molar-refractivity contribution >= 4 is 6.08 Å². The number of nitrogens with zero attached hydrogens (tertiary/aromatic N) is 1. The van der Waals surface area contributed by atoms with Gasteiger partial charge in [-0.05, 0) is 6.08 Å². The van der Waals surface area contributed by atoms with Gasteiger partial charge in [0.15, 0.2) is 0 Å². The summed E-state index contributed by atoms with van der Waals surface area (Å²) < 4.78 is 0. The molecule has 0 saturated heterocycles. The maximum absolute atomic E-state index is 4.09. The summed E-state index contributed by atoms with van der Waals surface area (Å²) in [6.07, 6.45) is 5.44. The van der Waals surface area contributed by atoms with E-state index in [0.29, 0.717) is 0 Å². The zero-order valence-electron chi connectivity index (χ0n) is 5.39. The molecule has 0 aromatic carbocycles. The molecule has 1 aliphatic rings. The highest BCUT2D eigenvalue weighted by atomic mass is 15.3. The van der Waals surface area contributed by atoms with Crippen LogP contribution in [0, 0.1) is 0 Å². The molecule has 2 rings (SSSR count). The third-order valence-corrected chi connectivity index (χ3v) is 1.44. The molecular formula is C6H8N4. The molecule has 0 fully saturated rings. The van der Waals surface area contributed by atoms with E-state index in [2.05, 4.69) is 20.8 Å². The first-order chi connectivity index (χ1) is 4.97. The van der Waals surface area contributed by atoms with E-state index in [0.717, 1.165) is 17.9 Å². The Morgan fingerprint density at radius 3 is 3.50 bits per heavy atom. The second-order valence-corrected chi connectivity index (χ2v) is 2.10. The fourth-order valence-corrected chi connectivity index (χ4v) is 0.936. The molecule has 2 heterocycles. The van der Waals surface area contributed by atoms with Gasteiger partial charge in [-0.2, -0.15) is 0 Å². The predicted octanol–water partition coefficient (Wildman–Crippen LogP) is -0.0118. The topological polar surface area (TPSA) is 52.7 Å². The van der Waals surface area contributed by atoms with Crippen LogP contribution in [0.4, 0.5) is 0 Å². The Hall–Kier alpha value is -1.29. The lowest BCUT2D eigenvalue weighted by molar-refractivity contribution is 0.624. The van der Waals surface area contributed by atoms with Crippen LogP contribution in [0.1, 0.15) is 11.4 Å². The lowest BCUT2D eigenvalue weighted by atomic mass is 10.3. The molecule has 52 valence electrons. The molecular weight excluding hydrogens is 128 g/mol. The molecule has 1 aromatic rings. The second kappa shape index (κ2) is 2.15. The van der Waals surface area contributed by atoms with E-state index in [-0.39, 0.29) is 0 Å². The Bertz CT molecular complexity index is 250. The monoisotopic (exact) mass is 136 g/mol. The smallest absolute Gasteiger partial charge is 0.0929 e. The number of aromatic nitrogens is 2. The number of hydrogen-bond acceptors (Lipinski definition) is 3. The average Bonchev–Trinajstić information content (AvgIpc) is 2.28. The first-order valence-electron chi connectivity index (χ1n) is 3.14. The van der Waals surface area contributed by atoms with E-state index in [9.17, 15) is 0 Å². The van der Waals surface area contributed by atoms with E-state index in [1.807, 2.05) is 12.3 Å². The number of imidazole rings is 1. The van der Waals surface area contributed by atoms with E-state index < -0.39 is 0 Å². The van der Waals surface area contributed by atoms with Crippen LogP contribution in [0.5, 0.6) is 0 Å². The zero-order valence-corrected chi connectivity index (χ0v) is 5.39. The maximum atomic E-state index is 4.09. The van der Waals surface area contributed by atoms with Gasteiger partial charge in [-0.3, -0.25) is 0 Å². The summed E-state index contributed by atoms with van der Waals surface area (Å²) >= 11 is 0. The second-order valence-electron chi connectivity index (χ2n) is 2.10. The van der Waals surface area contributed by atoms with Crippen LogP contribution < -0.4 is 10.9 Å². The van der Waals surface area contributed by atoms with Crippen LogP contribution in [0.3, 0.4) is 0 Å². The van der Waals surface area contributed by atoms with Crippen molar-refractivity contribution in [1.82, 2.24) is 20.8 Å². The minimum absolute atomic E-state index is 0.780. The van der Waals surface area contributed by atoms with Crippen molar-refractivity contribution in [2.75, 3.05) is 0 Å². The summed E-state index contributed by atoms with van der Waals surface area (Å²) in [7, 11) is 0. The fourth-order valence-electron chi connectivity index (χ4n) is 0.936. The number of nitrogens with one attached hydrogen (secondary N) is 3.